The Morgan fingerprint density at radius 2 is 2.00 bits per heavy atom. The minimum atomic E-state index is -2.64. The predicted octanol–water partition coefficient (Wildman–Crippen LogP) is 3.44. The first-order valence-electron chi connectivity index (χ1n) is 6.29. The second-order valence-electron chi connectivity index (χ2n) is 4.62. The normalized spacial score (nSPS) is 11.8. The summed E-state index contributed by atoms with van der Waals surface area (Å²) in [6.07, 6.45) is 0.713. The molecule has 0 spiro atoms. The second kappa shape index (κ2) is 4.34. The summed E-state index contributed by atoms with van der Waals surface area (Å²) in [4.78, 5) is 10.7. The molecule has 0 aliphatic carbocycles. The van der Waals surface area contributed by atoms with Gasteiger partial charge in [-0.05, 0) is 12.1 Å². The molecule has 1 aromatic carbocycles. The summed E-state index contributed by atoms with van der Waals surface area (Å²) in [5.41, 5.74) is 3.21. The van der Waals surface area contributed by atoms with E-state index >= 15 is 0 Å². The van der Waals surface area contributed by atoms with Gasteiger partial charge < -0.3 is 4.98 Å². The maximum Gasteiger partial charge on any atom is 0.295 e. The van der Waals surface area contributed by atoms with Gasteiger partial charge >= 0.3 is 0 Å². The quantitative estimate of drug-likeness (QED) is 0.592. The smallest absolute Gasteiger partial charge is 0.295 e. The van der Waals surface area contributed by atoms with E-state index in [1.165, 1.54) is 0 Å². The van der Waals surface area contributed by atoms with Gasteiger partial charge in [-0.25, -0.2) is 13.8 Å². The molecule has 0 amide bonds. The fraction of sp³-hybridized carbons (Fsp3) is 0.0714. The lowest BCUT2D eigenvalue weighted by molar-refractivity contribution is 0.142. The number of fused-ring (bicyclic) bond motifs is 2. The Bertz CT molecular complexity index is 941. The SMILES string of the molecule is FC(F)c1nc2c(-c3n[nH]c4ccncc34)cccc2[nH]1. The number of alkyl halides is 2. The van der Waals surface area contributed by atoms with Crippen LogP contribution in [0.1, 0.15) is 12.2 Å². The summed E-state index contributed by atoms with van der Waals surface area (Å²) in [6.45, 7) is 0. The number of nitrogens with one attached hydrogen (secondary N) is 2. The van der Waals surface area contributed by atoms with E-state index in [1.807, 2.05) is 0 Å². The van der Waals surface area contributed by atoms with Crippen LogP contribution in [-0.4, -0.2) is 25.1 Å². The van der Waals surface area contributed by atoms with Gasteiger partial charge in [0.2, 0.25) is 0 Å². The van der Waals surface area contributed by atoms with Gasteiger partial charge in [0, 0.05) is 23.3 Å². The monoisotopic (exact) mass is 285 g/mol. The molecule has 0 unspecified atom stereocenters. The molecule has 4 rings (SSSR count). The van der Waals surface area contributed by atoms with E-state index < -0.39 is 6.43 Å². The van der Waals surface area contributed by atoms with Gasteiger partial charge in [-0.2, -0.15) is 5.10 Å². The molecule has 4 aromatic rings. The molecule has 0 radical (unpaired) electrons. The fourth-order valence-electron chi connectivity index (χ4n) is 2.41. The first-order chi connectivity index (χ1) is 10.2. The molecule has 0 bridgehead atoms. The van der Waals surface area contributed by atoms with E-state index in [-0.39, 0.29) is 5.82 Å². The zero-order valence-electron chi connectivity index (χ0n) is 10.6. The molecule has 0 saturated carbocycles. The lowest BCUT2D eigenvalue weighted by Crippen LogP contribution is -1.86. The van der Waals surface area contributed by atoms with Gasteiger partial charge in [-0.1, -0.05) is 12.1 Å². The van der Waals surface area contributed by atoms with E-state index in [9.17, 15) is 8.78 Å². The number of imidazole rings is 1. The third kappa shape index (κ3) is 1.78. The van der Waals surface area contributed by atoms with Crippen LogP contribution in [-0.2, 0) is 0 Å². The first kappa shape index (κ1) is 12.0. The summed E-state index contributed by atoms with van der Waals surface area (Å²) in [6, 6.07) is 7.11. The molecule has 0 fully saturated rings. The maximum absolute atomic E-state index is 12.8. The molecule has 5 nitrogen and oxygen atoms in total. The average Bonchev–Trinajstić information content (AvgIpc) is 3.11. The lowest BCUT2D eigenvalue weighted by atomic mass is 10.1. The standard InChI is InChI=1S/C14H9F2N5/c15-13(16)14-18-10-3-1-2-7(12(10)19-14)11-8-6-17-5-4-9(8)20-21-11/h1-6,13H,(H,18,19)(H,20,21). The number of halogens is 2. The predicted molar refractivity (Wildman–Crippen MR) is 73.9 cm³/mol. The Morgan fingerprint density at radius 1 is 1.10 bits per heavy atom. The number of aromatic nitrogens is 5. The van der Waals surface area contributed by atoms with Crippen LogP contribution in [0.3, 0.4) is 0 Å². The van der Waals surface area contributed by atoms with Crippen LogP contribution in [0, 0.1) is 0 Å². The molecule has 0 aliphatic rings. The zero-order valence-corrected chi connectivity index (χ0v) is 10.6. The van der Waals surface area contributed by atoms with Crippen molar-refractivity contribution in [3.05, 3.63) is 42.5 Å². The number of H-pyrrole nitrogens is 2. The molecule has 104 valence electrons. The molecule has 3 aromatic heterocycles. The minimum Gasteiger partial charge on any atom is -0.337 e. The molecule has 2 N–H and O–H groups in total. The van der Waals surface area contributed by atoms with E-state index in [0.29, 0.717) is 22.3 Å². The van der Waals surface area contributed by atoms with E-state index in [2.05, 4.69) is 25.1 Å². The molecule has 0 aliphatic heterocycles. The highest BCUT2D eigenvalue weighted by molar-refractivity contribution is 6.00. The van der Waals surface area contributed by atoms with Crippen LogP contribution in [0.2, 0.25) is 0 Å². The van der Waals surface area contributed by atoms with Gasteiger partial charge in [-0.15, -0.1) is 0 Å². The Morgan fingerprint density at radius 3 is 2.86 bits per heavy atom. The van der Waals surface area contributed by atoms with Gasteiger partial charge in [0.05, 0.1) is 16.6 Å². The van der Waals surface area contributed by atoms with E-state index in [1.54, 1.807) is 36.7 Å². The molecular formula is C14H9F2N5. The van der Waals surface area contributed by atoms with Crippen molar-refractivity contribution in [3.63, 3.8) is 0 Å². The number of para-hydroxylation sites is 1. The van der Waals surface area contributed by atoms with Gasteiger partial charge in [0.25, 0.3) is 6.43 Å². The molecule has 0 atom stereocenters. The summed E-state index contributed by atoms with van der Waals surface area (Å²) in [5.74, 6) is -0.338. The number of hydrogen-bond donors (Lipinski definition) is 2. The Kier molecular flexibility index (Phi) is 2.47. The molecule has 21 heavy (non-hydrogen) atoms. The Hall–Kier alpha value is -2.83. The van der Waals surface area contributed by atoms with Crippen molar-refractivity contribution < 1.29 is 8.78 Å². The number of benzene rings is 1. The van der Waals surface area contributed by atoms with Crippen molar-refractivity contribution in [3.8, 4) is 11.3 Å². The number of aromatic amines is 2. The van der Waals surface area contributed by atoms with Crippen molar-refractivity contribution in [2.75, 3.05) is 0 Å². The van der Waals surface area contributed by atoms with Crippen LogP contribution in [0.15, 0.2) is 36.7 Å². The number of hydrogen-bond acceptors (Lipinski definition) is 3. The minimum absolute atomic E-state index is 0.338. The summed E-state index contributed by atoms with van der Waals surface area (Å²) < 4.78 is 25.6. The van der Waals surface area contributed by atoms with Crippen LogP contribution in [0.4, 0.5) is 8.78 Å². The van der Waals surface area contributed by atoms with Crippen LogP contribution in [0.5, 0.6) is 0 Å². The highest BCUT2D eigenvalue weighted by atomic mass is 19.3. The average molecular weight is 285 g/mol. The van der Waals surface area contributed by atoms with Crippen molar-refractivity contribution >= 4 is 21.9 Å². The van der Waals surface area contributed by atoms with E-state index in [0.717, 1.165) is 10.9 Å². The lowest BCUT2D eigenvalue weighted by Gasteiger charge is -1.98. The number of nitrogens with zero attached hydrogens (tertiary/aromatic N) is 3. The van der Waals surface area contributed by atoms with Crippen molar-refractivity contribution in [1.29, 1.82) is 0 Å². The van der Waals surface area contributed by atoms with Gasteiger partial charge in [0.15, 0.2) is 5.82 Å². The Labute approximate surface area is 117 Å². The third-order valence-corrected chi connectivity index (χ3v) is 3.36. The highest BCUT2D eigenvalue weighted by Gasteiger charge is 2.17. The van der Waals surface area contributed by atoms with E-state index in [4.69, 9.17) is 0 Å². The second-order valence-corrected chi connectivity index (χ2v) is 4.62. The van der Waals surface area contributed by atoms with Crippen molar-refractivity contribution in [2.24, 2.45) is 0 Å². The first-order valence-corrected chi connectivity index (χ1v) is 6.29. The summed E-state index contributed by atoms with van der Waals surface area (Å²) in [5, 5.41) is 7.99. The molecule has 3 heterocycles. The summed E-state index contributed by atoms with van der Waals surface area (Å²) >= 11 is 0. The fourth-order valence-corrected chi connectivity index (χ4v) is 2.41. The largest absolute Gasteiger partial charge is 0.337 e. The highest BCUT2D eigenvalue weighted by Crippen LogP contribution is 2.31. The molecular weight excluding hydrogens is 276 g/mol. The summed E-state index contributed by atoms with van der Waals surface area (Å²) in [7, 11) is 0. The molecule has 7 heteroatoms. The van der Waals surface area contributed by atoms with Crippen LogP contribution in [0.25, 0.3) is 33.2 Å². The van der Waals surface area contributed by atoms with Gasteiger partial charge in [0.1, 0.15) is 5.69 Å². The Balaban J connectivity index is 2.01. The molecule has 0 saturated heterocycles. The van der Waals surface area contributed by atoms with Gasteiger partial charge in [-0.3, -0.25) is 10.1 Å². The van der Waals surface area contributed by atoms with Crippen LogP contribution < -0.4 is 0 Å². The number of rotatable bonds is 2. The maximum atomic E-state index is 12.8. The van der Waals surface area contributed by atoms with Crippen molar-refractivity contribution in [2.45, 2.75) is 6.43 Å². The topological polar surface area (TPSA) is 70.2 Å². The van der Waals surface area contributed by atoms with Crippen molar-refractivity contribution in [1.82, 2.24) is 25.1 Å². The zero-order chi connectivity index (χ0) is 14.4. The van der Waals surface area contributed by atoms with Crippen LogP contribution >= 0.6 is 0 Å². The third-order valence-electron chi connectivity index (χ3n) is 3.36. The number of pyridine rings is 1.